The number of rotatable bonds is 6. The van der Waals surface area contributed by atoms with Crippen LogP contribution in [0.1, 0.15) is 0 Å². The lowest BCUT2D eigenvalue weighted by Gasteiger charge is -2.14. The van der Waals surface area contributed by atoms with Crippen LogP contribution in [0.15, 0.2) is 200 Å². The minimum Gasteiger partial charge on any atom is -0.265 e. The maximum Gasteiger partial charge on any atom is 0.160 e. The van der Waals surface area contributed by atoms with Crippen molar-refractivity contribution in [2.24, 2.45) is 0 Å². The van der Waals surface area contributed by atoms with Gasteiger partial charge in [0.25, 0.3) is 0 Å². The van der Waals surface area contributed by atoms with Crippen molar-refractivity contribution in [1.82, 2.24) is 15.0 Å². The van der Waals surface area contributed by atoms with Gasteiger partial charge < -0.3 is 0 Å². The first-order chi connectivity index (χ1) is 27.7. The maximum absolute atomic E-state index is 5.20. The van der Waals surface area contributed by atoms with Crippen molar-refractivity contribution in [3.05, 3.63) is 200 Å². The second-order valence-electron chi connectivity index (χ2n) is 14.5. The van der Waals surface area contributed by atoms with Crippen molar-refractivity contribution in [3.8, 4) is 67.3 Å². The highest BCUT2D eigenvalue weighted by Gasteiger charge is 2.15. The fourth-order valence-electron chi connectivity index (χ4n) is 8.24. The molecular weight excluding hydrogens is 679 g/mol. The van der Waals surface area contributed by atoms with Crippen LogP contribution < -0.4 is 0 Å². The average Bonchev–Trinajstić information content (AvgIpc) is 3.28. The molecule has 0 atom stereocenters. The molecule has 9 aromatic carbocycles. The van der Waals surface area contributed by atoms with Gasteiger partial charge in [-0.05, 0) is 101 Å². The van der Waals surface area contributed by atoms with E-state index in [4.69, 9.17) is 9.97 Å². The van der Waals surface area contributed by atoms with Crippen LogP contribution in [-0.4, -0.2) is 15.0 Å². The van der Waals surface area contributed by atoms with Crippen LogP contribution in [0, 0.1) is 0 Å². The summed E-state index contributed by atoms with van der Waals surface area (Å²) >= 11 is 0. The standard InChI is InChI=1S/C53H33N3/c1-2-5-45-32-46(23-12-34(45)4-1)36-10-17-40(18-11-36)50-33-49(39-15-8-35(9-16-39)37-28-30-54-31-29-37)55-53(56-50)44-21-13-38(14-22-44)47-26-24-43-20-19-41-6-3-7-42-25-27-48(47)52(43)51(41)42/h1-33H. The number of aromatic nitrogens is 3. The van der Waals surface area contributed by atoms with Crippen LogP contribution in [0.4, 0.5) is 0 Å². The van der Waals surface area contributed by atoms with E-state index in [9.17, 15) is 0 Å². The molecule has 11 rings (SSSR count). The third-order valence-corrected chi connectivity index (χ3v) is 11.2. The van der Waals surface area contributed by atoms with Crippen molar-refractivity contribution in [2.45, 2.75) is 0 Å². The normalized spacial score (nSPS) is 11.6. The van der Waals surface area contributed by atoms with E-state index in [0.717, 1.165) is 39.2 Å². The first-order valence-electron chi connectivity index (χ1n) is 19.0. The van der Waals surface area contributed by atoms with Gasteiger partial charge in [-0.1, -0.05) is 164 Å². The highest BCUT2D eigenvalue weighted by atomic mass is 14.9. The third kappa shape index (κ3) is 5.57. The van der Waals surface area contributed by atoms with E-state index in [2.05, 4.69) is 181 Å². The maximum atomic E-state index is 5.20. The molecule has 0 aliphatic carbocycles. The molecule has 0 aliphatic heterocycles. The molecule has 2 heterocycles. The summed E-state index contributed by atoms with van der Waals surface area (Å²) < 4.78 is 0. The molecule has 0 radical (unpaired) electrons. The lowest BCUT2D eigenvalue weighted by atomic mass is 9.90. The molecule has 0 bridgehead atoms. The third-order valence-electron chi connectivity index (χ3n) is 11.2. The number of nitrogens with zero attached hydrogens (tertiary/aromatic N) is 3. The number of hydrogen-bond donors (Lipinski definition) is 0. The van der Waals surface area contributed by atoms with Gasteiger partial charge in [0.05, 0.1) is 11.4 Å². The quantitative estimate of drug-likeness (QED) is 0.161. The van der Waals surface area contributed by atoms with Gasteiger partial charge in [-0.2, -0.15) is 0 Å². The zero-order valence-electron chi connectivity index (χ0n) is 30.4. The lowest BCUT2D eigenvalue weighted by molar-refractivity contribution is 1.18. The molecule has 3 heteroatoms. The molecule has 0 saturated carbocycles. The van der Waals surface area contributed by atoms with Gasteiger partial charge in [-0.25, -0.2) is 9.97 Å². The van der Waals surface area contributed by atoms with Crippen LogP contribution in [-0.2, 0) is 0 Å². The molecule has 260 valence electrons. The van der Waals surface area contributed by atoms with Crippen molar-refractivity contribution < 1.29 is 0 Å². The minimum atomic E-state index is 0.691. The summed E-state index contributed by atoms with van der Waals surface area (Å²) in [5.41, 5.74) is 11.8. The predicted octanol–water partition coefficient (Wildman–Crippen LogP) is 13.9. The monoisotopic (exact) mass is 711 g/mol. The van der Waals surface area contributed by atoms with E-state index in [1.165, 1.54) is 65.3 Å². The Balaban J connectivity index is 0.989. The molecule has 0 N–H and O–H groups in total. The Bertz CT molecular complexity index is 3190. The summed E-state index contributed by atoms with van der Waals surface area (Å²) in [7, 11) is 0. The Labute approximate surface area is 324 Å². The predicted molar refractivity (Wildman–Crippen MR) is 234 cm³/mol. The van der Waals surface area contributed by atoms with Crippen molar-refractivity contribution in [2.75, 3.05) is 0 Å². The Morgan fingerprint density at radius 1 is 0.286 bits per heavy atom. The van der Waals surface area contributed by atoms with Crippen LogP contribution in [0.3, 0.4) is 0 Å². The fraction of sp³-hybridized carbons (Fsp3) is 0. The number of fused-ring (bicyclic) bond motifs is 1. The zero-order valence-corrected chi connectivity index (χ0v) is 30.4. The second-order valence-corrected chi connectivity index (χ2v) is 14.5. The van der Waals surface area contributed by atoms with Crippen LogP contribution in [0.2, 0.25) is 0 Å². The molecule has 3 nitrogen and oxygen atoms in total. The zero-order chi connectivity index (χ0) is 37.0. The molecular formula is C53H33N3. The molecule has 0 spiro atoms. The molecule has 0 unspecified atom stereocenters. The second kappa shape index (κ2) is 13.1. The lowest BCUT2D eigenvalue weighted by Crippen LogP contribution is -1.96. The fourth-order valence-corrected chi connectivity index (χ4v) is 8.24. The summed E-state index contributed by atoms with van der Waals surface area (Å²) in [6.07, 6.45) is 3.65. The largest absolute Gasteiger partial charge is 0.265 e. The summed E-state index contributed by atoms with van der Waals surface area (Å²) in [5.74, 6) is 0.691. The van der Waals surface area contributed by atoms with E-state index in [0.29, 0.717) is 5.82 Å². The smallest absolute Gasteiger partial charge is 0.160 e. The molecule has 0 fully saturated rings. The van der Waals surface area contributed by atoms with Crippen molar-refractivity contribution in [3.63, 3.8) is 0 Å². The highest BCUT2D eigenvalue weighted by Crippen LogP contribution is 2.40. The topological polar surface area (TPSA) is 38.7 Å². The van der Waals surface area contributed by atoms with Gasteiger partial charge in [0, 0.05) is 29.1 Å². The summed E-state index contributed by atoms with van der Waals surface area (Å²) in [5, 5.41) is 10.2. The van der Waals surface area contributed by atoms with Gasteiger partial charge in [0.15, 0.2) is 5.82 Å². The first kappa shape index (κ1) is 32.0. The van der Waals surface area contributed by atoms with Gasteiger partial charge in [0.2, 0.25) is 0 Å². The van der Waals surface area contributed by atoms with Crippen molar-refractivity contribution >= 4 is 43.1 Å². The van der Waals surface area contributed by atoms with Gasteiger partial charge in [-0.15, -0.1) is 0 Å². The van der Waals surface area contributed by atoms with E-state index in [-0.39, 0.29) is 0 Å². The van der Waals surface area contributed by atoms with E-state index in [1.54, 1.807) is 0 Å². The summed E-state index contributed by atoms with van der Waals surface area (Å²) in [6.45, 7) is 0. The molecule has 2 aromatic heterocycles. The molecule has 0 aliphatic rings. The Morgan fingerprint density at radius 2 is 0.768 bits per heavy atom. The highest BCUT2D eigenvalue weighted by molar-refractivity contribution is 6.25. The van der Waals surface area contributed by atoms with Crippen LogP contribution >= 0.6 is 0 Å². The van der Waals surface area contributed by atoms with E-state index >= 15 is 0 Å². The van der Waals surface area contributed by atoms with Gasteiger partial charge in [-0.3, -0.25) is 4.98 Å². The van der Waals surface area contributed by atoms with E-state index < -0.39 is 0 Å². The molecule has 11 aromatic rings. The summed E-state index contributed by atoms with van der Waals surface area (Å²) in [4.78, 5) is 14.6. The molecule has 56 heavy (non-hydrogen) atoms. The van der Waals surface area contributed by atoms with E-state index in [1.807, 2.05) is 24.5 Å². The Kier molecular flexibility index (Phi) is 7.49. The van der Waals surface area contributed by atoms with Gasteiger partial charge in [0.1, 0.15) is 0 Å². The van der Waals surface area contributed by atoms with Crippen molar-refractivity contribution in [1.29, 1.82) is 0 Å². The number of benzene rings is 9. The molecule has 0 amide bonds. The average molecular weight is 712 g/mol. The number of pyridine rings is 1. The number of hydrogen-bond acceptors (Lipinski definition) is 3. The van der Waals surface area contributed by atoms with Crippen LogP contribution in [0.25, 0.3) is 110 Å². The summed E-state index contributed by atoms with van der Waals surface area (Å²) in [6, 6.07) is 67.4. The Hall–Kier alpha value is -7.49. The molecule has 0 saturated heterocycles. The van der Waals surface area contributed by atoms with Crippen LogP contribution in [0.5, 0.6) is 0 Å². The Morgan fingerprint density at radius 3 is 1.46 bits per heavy atom. The minimum absolute atomic E-state index is 0.691. The van der Waals surface area contributed by atoms with Gasteiger partial charge >= 0.3 is 0 Å². The first-order valence-corrected chi connectivity index (χ1v) is 19.0. The SMILES string of the molecule is c1ccc2cc(-c3ccc(-c4cc(-c5ccc(-c6ccncc6)cc5)nc(-c5ccc(-c6ccc7ccc8cccc9ccc6c7c89)cc5)n4)cc3)ccc2c1.